The van der Waals surface area contributed by atoms with E-state index in [1.165, 1.54) is 6.08 Å². The minimum atomic E-state index is -0.823. The van der Waals surface area contributed by atoms with Crippen molar-refractivity contribution in [2.45, 2.75) is 13.5 Å². The zero-order chi connectivity index (χ0) is 21.3. The van der Waals surface area contributed by atoms with E-state index in [0.717, 1.165) is 21.9 Å². The molecule has 4 rings (SSSR count). The molecule has 3 aromatic rings. The van der Waals surface area contributed by atoms with Crippen LogP contribution in [-0.4, -0.2) is 17.8 Å². The second kappa shape index (κ2) is 8.12. The Bertz CT molecular complexity index is 1210. The summed E-state index contributed by atoms with van der Waals surface area (Å²) >= 11 is 3.48. The van der Waals surface area contributed by atoms with Gasteiger partial charge in [0.15, 0.2) is 0 Å². The van der Waals surface area contributed by atoms with Gasteiger partial charge in [-0.15, -0.1) is 0 Å². The van der Waals surface area contributed by atoms with Gasteiger partial charge in [0, 0.05) is 5.56 Å². The van der Waals surface area contributed by atoms with Crippen molar-refractivity contribution >= 4 is 50.6 Å². The number of halogens is 1. The molecule has 1 aliphatic rings. The number of rotatable bonds is 4. The van der Waals surface area contributed by atoms with Crippen molar-refractivity contribution in [2.75, 3.05) is 0 Å². The first-order valence-corrected chi connectivity index (χ1v) is 9.99. The van der Waals surface area contributed by atoms with E-state index in [-0.39, 0.29) is 5.57 Å². The minimum Gasteiger partial charge on any atom is -0.488 e. The quantitative estimate of drug-likeness (QED) is 0.446. The zero-order valence-electron chi connectivity index (χ0n) is 16.0. The number of hydrogen-bond donors (Lipinski definition) is 2. The van der Waals surface area contributed by atoms with Crippen LogP contribution in [0.4, 0.5) is 4.79 Å². The lowest BCUT2D eigenvalue weighted by Gasteiger charge is -2.15. The van der Waals surface area contributed by atoms with Crippen LogP contribution in [0.15, 0.2) is 64.6 Å². The molecule has 6 nitrogen and oxygen atoms in total. The number of hydrogen-bond acceptors (Lipinski definition) is 4. The molecule has 30 heavy (non-hydrogen) atoms. The average molecular weight is 465 g/mol. The summed E-state index contributed by atoms with van der Waals surface area (Å²) < 4.78 is 6.73. The third kappa shape index (κ3) is 3.97. The van der Waals surface area contributed by atoms with E-state index in [1.54, 1.807) is 18.2 Å². The number of urea groups is 1. The summed E-state index contributed by atoms with van der Waals surface area (Å²) in [6.07, 6.45) is 1.42. The van der Waals surface area contributed by atoms with Gasteiger partial charge >= 0.3 is 6.03 Å². The molecule has 0 radical (unpaired) electrons. The van der Waals surface area contributed by atoms with Crippen LogP contribution in [0.2, 0.25) is 0 Å². The fourth-order valence-corrected chi connectivity index (χ4v) is 3.79. The zero-order valence-corrected chi connectivity index (χ0v) is 17.6. The highest BCUT2D eigenvalue weighted by molar-refractivity contribution is 9.10. The van der Waals surface area contributed by atoms with Crippen molar-refractivity contribution in [3.63, 3.8) is 0 Å². The summed E-state index contributed by atoms with van der Waals surface area (Å²) in [4.78, 5) is 34.9. The van der Waals surface area contributed by atoms with Gasteiger partial charge in [0.1, 0.15) is 17.9 Å². The van der Waals surface area contributed by atoms with Gasteiger partial charge in [-0.3, -0.25) is 20.2 Å². The number of ether oxygens (including phenoxy) is 1. The molecule has 0 aromatic heterocycles. The van der Waals surface area contributed by atoms with Crippen LogP contribution in [-0.2, 0) is 16.2 Å². The first-order valence-electron chi connectivity index (χ1n) is 9.20. The summed E-state index contributed by atoms with van der Waals surface area (Å²) in [5.41, 5.74) is 2.74. The van der Waals surface area contributed by atoms with Crippen LogP contribution < -0.4 is 15.4 Å². The normalized spacial score (nSPS) is 13.8. The molecule has 0 unspecified atom stereocenters. The van der Waals surface area contributed by atoms with Gasteiger partial charge in [-0.2, -0.15) is 0 Å². The van der Waals surface area contributed by atoms with Crippen molar-refractivity contribution in [1.82, 2.24) is 10.6 Å². The first-order chi connectivity index (χ1) is 14.4. The Kier molecular flexibility index (Phi) is 5.37. The number of amides is 4. The molecule has 0 spiro atoms. The van der Waals surface area contributed by atoms with Crippen molar-refractivity contribution in [2.24, 2.45) is 0 Å². The third-order valence-corrected chi connectivity index (χ3v) is 5.48. The Morgan fingerprint density at radius 2 is 1.70 bits per heavy atom. The Morgan fingerprint density at radius 1 is 0.967 bits per heavy atom. The van der Waals surface area contributed by atoms with Gasteiger partial charge in [-0.25, -0.2) is 4.79 Å². The lowest BCUT2D eigenvalue weighted by Crippen LogP contribution is -2.51. The monoisotopic (exact) mass is 464 g/mol. The molecular formula is C23H17BrN2O4. The van der Waals surface area contributed by atoms with Gasteiger partial charge in [0.2, 0.25) is 0 Å². The maximum absolute atomic E-state index is 11.9. The predicted molar refractivity (Wildman–Crippen MR) is 117 cm³/mol. The highest BCUT2D eigenvalue weighted by atomic mass is 79.9. The van der Waals surface area contributed by atoms with Crippen LogP contribution in [0, 0.1) is 6.92 Å². The molecule has 7 heteroatoms. The fraction of sp³-hybridized carbons (Fsp3) is 0.0870. The third-order valence-electron chi connectivity index (χ3n) is 4.86. The maximum atomic E-state index is 11.9. The number of fused-ring (bicyclic) bond motifs is 1. The van der Waals surface area contributed by atoms with Crippen LogP contribution in [0.3, 0.4) is 0 Å². The molecule has 2 N–H and O–H groups in total. The van der Waals surface area contributed by atoms with Gasteiger partial charge in [-0.1, -0.05) is 42.5 Å². The summed E-state index contributed by atoms with van der Waals surface area (Å²) in [6.45, 7) is 2.46. The van der Waals surface area contributed by atoms with Crippen molar-refractivity contribution in [3.8, 4) is 5.75 Å². The van der Waals surface area contributed by atoms with Crippen LogP contribution in [0.5, 0.6) is 5.75 Å². The van der Waals surface area contributed by atoms with Gasteiger partial charge in [-0.05, 0) is 63.0 Å². The summed E-state index contributed by atoms with van der Waals surface area (Å²) in [7, 11) is 0. The van der Waals surface area contributed by atoms with Gasteiger partial charge in [0.05, 0.1) is 4.47 Å². The van der Waals surface area contributed by atoms with Crippen LogP contribution >= 0.6 is 15.9 Å². The molecule has 0 bridgehead atoms. The standard InChI is InChI=1S/C23H17BrN2O4/c1-13-6-8-15-4-2-3-5-16(15)18(13)12-30-20-9-7-14(11-19(20)24)10-17-21(27)25-23(29)26-22(17)28/h2-11H,12H2,1H3,(H2,25,26,27,28,29). The van der Waals surface area contributed by atoms with E-state index in [1.807, 2.05) is 22.8 Å². The summed E-state index contributed by atoms with van der Waals surface area (Å²) in [5, 5.41) is 6.41. The number of nitrogens with one attached hydrogen (secondary N) is 2. The van der Waals surface area contributed by atoms with E-state index >= 15 is 0 Å². The molecule has 1 fully saturated rings. The molecule has 0 atom stereocenters. The first kappa shape index (κ1) is 19.8. The second-order valence-electron chi connectivity index (χ2n) is 6.86. The number of carbonyl (C=O) groups excluding carboxylic acids is 3. The van der Waals surface area contributed by atoms with E-state index in [9.17, 15) is 14.4 Å². The minimum absolute atomic E-state index is 0.137. The van der Waals surface area contributed by atoms with Crippen molar-refractivity contribution in [3.05, 3.63) is 81.3 Å². The van der Waals surface area contributed by atoms with E-state index in [2.05, 4.69) is 47.1 Å². The predicted octanol–water partition coefficient (Wildman–Crippen LogP) is 4.24. The number of imide groups is 2. The number of benzene rings is 3. The highest BCUT2D eigenvalue weighted by Gasteiger charge is 2.27. The van der Waals surface area contributed by atoms with Gasteiger partial charge in [0.25, 0.3) is 11.8 Å². The smallest absolute Gasteiger partial charge is 0.328 e. The van der Waals surface area contributed by atoms with E-state index < -0.39 is 17.8 Å². The van der Waals surface area contributed by atoms with Crippen molar-refractivity contribution in [1.29, 1.82) is 0 Å². The molecule has 0 saturated carbocycles. The summed E-state index contributed by atoms with van der Waals surface area (Å²) in [5.74, 6) is -0.824. The molecule has 0 aliphatic carbocycles. The lowest BCUT2D eigenvalue weighted by atomic mass is 10.0. The fourth-order valence-electron chi connectivity index (χ4n) is 3.28. The SMILES string of the molecule is Cc1ccc2ccccc2c1COc1ccc(C=C2C(=O)NC(=O)NC2=O)cc1Br. The molecule has 4 amide bonds. The van der Waals surface area contributed by atoms with Crippen LogP contribution in [0.1, 0.15) is 16.7 Å². The second-order valence-corrected chi connectivity index (χ2v) is 7.71. The number of barbiturate groups is 1. The number of aryl methyl sites for hydroxylation is 1. The van der Waals surface area contributed by atoms with E-state index in [0.29, 0.717) is 22.4 Å². The Morgan fingerprint density at radius 3 is 2.43 bits per heavy atom. The topological polar surface area (TPSA) is 84.5 Å². The van der Waals surface area contributed by atoms with E-state index in [4.69, 9.17) is 4.74 Å². The Balaban J connectivity index is 1.56. The van der Waals surface area contributed by atoms with Crippen LogP contribution in [0.25, 0.3) is 16.8 Å². The molecule has 1 saturated heterocycles. The Hall–Kier alpha value is -3.45. The molecule has 150 valence electrons. The Labute approximate surface area is 181 Å². The number of carbonyl (C=O) groups is 3. The highest BCUT2D eigenvalue weighted by Crippen LogP contribution is 2.30. The molecule has 1 aliphatic heterocycles. The molecule has 3 aromatic carbocycles. The molecule has 1 heterocycles. The largest absolute Gasteiger partial charge is 0.488 e. The molecular weight excluding hydrogens is 448 g/mol. The van der Waals surface area contributed by atoms with Gasteiger partial charge < -0.3 is 4.74 Å². The lowest BCUT2D eigenvalue weighted by molar-refractivity contribution is -0.123. The average Bonchev–Trinajstić information content (AvgIpc) is 2.71. The summed E-state index contributed by atoms with van der Waals surface area (Å²) in [6, 6.07) is 16.8. The maximum Gasteiger partial charge on any atom is 0.328 e. The van der Waals surface area contributed by atoms with Crippen molar-refractivity contribution < 1.29 is 19.1 Å².